The van der Waals surface area contributed by atoms with Crippen LogP contribution in [0.3, 0.4) is 0 Å². The number of phenols is 1. The van der Waals surface area contributed by atoms with Crippen molar-refractivity contribution in [3.63, 3.8) is 0 Å². The molecule has 0 aromatic heterocycles. The molecule has 2 N–H and O–H groups in total. The summed E-state index contributed by atoms with van der Waals surface area (Å²) in [6, 6.07) is 3.82. The van der Waals surface area contributed by atoms with Crippen molar-refractivity contribution in [2.24, 2.45) is 5.92 Å². The number of halogens is 1. The molecule has 0 spiro atoms. The standard InChI is InChI=1S/C14H17ClN2O3/c1-8(2)12-13(19)16-5-6-17(12)14(20)10-4-3-9(15)7-11(10)18/h3-4,7-8,12,18H,5-6H2,1-2H3,(H,16,19)/t12-/m0/s1. The summed E-state index contributed by atoms with van der Waals surface area (Å²) in [5.74, 6) is -0.689. The molecule has 1 saturated heterocycles. The van der Waals surface area contributed by atoms with E-state index in [1.165, 1.54) is 17.0 Å². The second-order valence-electron chi connectivity index (χ2n) is 5.14. The number of phenolic OH excluding ortho intramolecular Hbond substituents is 1. The zero-order valence-corrected chi connectivity index (χ0v) is 12.1. The molecular weight excluding hydrogens is 280 g/mol. The van der Waals surface area contributed by atoms with Crippen LogP contribution in [-0.4, -0.2) is 41.0 Å². The Hall–Kier alpha value is -1.75. The van der Waals surface area contributed by atoms with Crippen LogP contribution >= 0.6 is 11.6 Å². The third-order valence-electron chi connectivity index (χ3n) is 3.34. The number of amides is 2. The fourth-order valence-corrected chi connectivity index (χ4v) is 2.58. The molecular formula is C14H17ClN2O3. The van der Waals surface area contributed by atoms with Gasteiger partial charge in [0.15, 0.2) is 0 Å². The molecule has 1 aliphatic heterocycles. The van der Waals surface area contributed by atoms with Gasteiger partial charge in [-0.1, -0.05) is 25.4 Å². The van der Waals surface area contributed by atoms with Crippen molar-refractivity contribution in [2.75, 3.05) is 13.1 Å². The van der Waals surface area contributed by atoms with Crippen molar-refractivity contribution >= 4 is 23.4 Å². The molecule has 6 heteroatoms. The van der Waals surface area contributed by atoms with E-state index >= 15 is 0 Å². The zero-order chi connectivity index (χ0) is 14.9. The van der Waals surface area contributed by atoms with E-state index in [1.807, 2.05) is 13.8 Å². The summed E-state index contributed by atoms with van der Waals surface area (Å²) >= 11 is 5.76. The van der Waals surface area contributed by atoms with Crippen LogP contribution in [0.5, 0.6) is 5.75 Å². The van der Waals surface area contributed by atoms with Crippen LogP contribution in [0, 0.1) is 5.92 Å². The smallest absolute Gasteiger partial charge is 0.258 e. The molecule has 1 heterocycles. The summed E-state index contributed by atoms with van der Waals surface area (Å²) in [4.78, 5) is 26.0. The number of benzene rings is 1. The van der Waals surface area contributed by atoms with E-state index in [2.05, 4.69) is 5.32 Å². The molecule has 1 fully saturated rings. The van der Waals surface area contributed by atoms with Crippen molar-refractivity contribution in [1.29, 1.82) is 0 Å². The Bertz CT molecular complexity index is 545. The minimum Gasteiger partial charge on any atom is -0.507 e. The molecule has 2 rings (SSSR count). The fourth-order valence-electron chi connectivity index (χ4n) is 2.42. The number of piperazine rings is 1. The Morgan fingerprint density at radius 3 is 2.80 bits per heavy atom. The van der Waals surface area contributed by atoms with Crippen molar-refractivity contribution in [1.82, 2.24) is 10.2 Å². The highest BCUT2D eigenvalue weighted by Gasteiger charge is 2.36. The summed E-state index contributed by atoms with van der Waals surface area (Å²) < 4.78 is 0. The van der Waals surface area contributed by atoms with Gasteiger partial charge < -0.3 is 15.3 Å². The molecule has 108 valence electrons. The zero-order valence-electron chi connectivity index (χ0n) is 11.4. The third-order valence-corrected chi connectivity index (χ3v) is 3.57. The first-order valence-electron chi connectivity index (χ1n) is 6.49. The monoisotopic (exact) mass is 296 g/mol. The molecule has 1 atom stereocenters. The van der Waals surface area contributed by atoms with Crippen LogP contribution in [0.15, 0.2) is 18.2 Å². The van der Waals surface area contributed by atoms with Gasteiger partial charge >= 0.3 is 0 Å². The summed E-state index contributed by atoms with van der Waals surface area (Å²) in [5.41, 5.74) is 0.162. The van der Waals surface area contributed by atoms with Crippen LogP contribution in [0.4, 0.5) is 0 Å². The minimum absolute atomic E-state index is 0.00584. The molecule has 1 aromatic rings. The molecule has 0 aliphatic carbocycles. The summed E-state index contributed by atoms with van der Waals surface area (Å²) in [7, 11) is 0. The highest BCUT2D eigenvalue weighted by Crippen LogP contribution is 2.25. The Kier molecular flexibility index (Phi) is 4.18. The second kappa shape index (κ2) is 5.71. The van der Waals surface area contributed by atoms with Gasteiger partial charge in [-0.05, 0) is 24.1 Å². The highest BCUT2D eigenvalue weighted by atomic mass is 35.5. The number of rotatable bonds is 2. The molecule has 20 heavy (non-hydrogen) atoms. The molecule has 0 radical (unpaired) electrons. The van der Waals surface area contributed by atoms with Gasteiger partial charge in [0.05, 0.1) is 5.56 Å². The van der Waals surface area contributed by atoms with E-state index in [9.17, 15) is 14.7 Å². The minimum atomic E-state index is -0.522. The van der Waals surface area contributed by atoms with E-state index in [0.29, 0.717) is 18.1 Å². The Morgan fingerprint density at radius 1 is 1.50 bits per heavy atom. The van der Waals surface area contributed by atoms with E-state index < -0.39 is 6.04 Å². The molecule has 0 bridgehead atoms. The van der Waals surface area contributed by atoms with Gasteiger partial charge in [0.1, 0.15) is 11.8 Å². The van der Waals surface area contributed by atoms with Crippen molar-refractivity contribution in [3.05, 3.63) is 28.8 Å². The maximum atomic E-state index is 12.5. The van der Waals surface area contributed by atoms with E-state index in [0.717, 1.165) is 0 Å². The van der Waals surface area contributed by atoms with Crippen LogP contribution in [0.1, 0.15) is 24.2 Å². The highest BCUT2D eigenvalue weighted by molar-refractivity contribution is 6.30. The Morgan fingerprint density at radius 2 is 2.20 bits per heavy atom. The van der Waals surface area contributed by atoms with Crippen LogP contribution in [0.2, 0.25) is 5.02 Å². The quantitative estimate of drug-likeness (QED) is 0.872. The molecule has 0 saturated carbocycles. The lowest BCUT2D eigenvalue weighted by Crippen LogP contribution is -2.59. The predicted molar refractivity (Wildman–Crippen MR) is 75.8 cm³/mol. The third kappa shape index (κ3) is 2.72. The number of carbonyl (C=O) groups excluding carboxylic acids is 2. The van der Waals surface area contributed by atoms with Gasteiger partial charge in [-0.15, -0.1) is 0 Å². The number of nitrogens with one attached hydrogen (secondary N) is 1. The molecule has 1 aliphatic rings. The lowest BCUT2D eigenvalue weighted by Gasteiger charge is -2.37. The van der Waals surface area contributed by atoms with Crippen molar-refractivity contribution < 1.29 is 14.7 Å². The lowest BCUT2D eigenvalue weighted by atomic mass is 9.98. The maximum Gasteiger partial charge on any atom is 0.258 e. The largest absolute Gasteiger partial charge is 0.507 e. The fraction of sp³-hybridized carbons (Fsp3) is 0.429. The number of nitrogens with zero attached hydrogens (tertiary/aromatic N) is 1. The van der Waals surface area contributed by atoms with E-state index in [-0.39, 0.29) is 29.0 Å². The van der Waals surface area contributed by atoms with Crippen molar-refractivity contribution in [2.45, 2.75) is 19.9 Å². The molecule has 2 amide bonds. The van der Waals surface area contributed by atoms with Gasteiger partial charge in [-0.25, -0.2) is 0 Å². The maximum absolute atomic E-state index is 12.5. The number of aromatic hydroxyl groups is 1. The summed E-state index contributed by atoms with van der Waals surface area (Å²) in [6.45, 7) is 4.62. The number of hydrogen-bond donors (Lipinski definition) is 2. The van der Waals surface area contributed by atoms with Crippen LogP contribution in [0.25, 0.3) is 0 Å². The van der Waals surface area contributed by atoms with Gasteiger partial charge in [-0.3, -0.25) is 9.59 Å². The SMILES string of the molecule is CC(C)[C@H]1C(=O)NCCN1C(=O)c1ccc(Cl)cc1O. The van der Waals surface area contributed by atoms with Crippen molar-refractivity contribution in [3.8, 4) is 5.75 Å². The normalized spacial score (nSPS) is 19.1. The first-order chi connectivity index (χ1) is 9.41. The van der Waals surface area contributed by atoms with E-state index in [4.69, 9.17) is 11.6 Å². The molecule has 1 aromatic carbocycles. The lowest BCUT2D eigenvalue weighted by molar-refractivity contribution is -0.129. The Balaban J connectivity index is 2.33. The number of hydrogen-bond acceptors (Lipinski definition) is 3. The van der Waals surface area contributed by atoms with Gasteiger partial charge in [0.25, 0.3) is 5.91 Å². The summed E-state index contributed by atoms with van der Waals surface area (Å²) in [6.07, 6.45) is 0. The first-order valence-corrected chi connectivity index (χ1v) is 6.87. The second-order valence-corrected chi connectivity index (χ2v) is 5.58. The average molecular weight is 297 g/mol. The van der Waals surface area contributed by atoms with Crippen LogP contribution < -0.4 is 5.32 Å². The van der Waals surface area contributed by atoms with E-state index in [1.54, 1.807) is 6.07 Å². The van der Waals surface area contributed by atoms with Crippen LogP contribution in [-0.2, 0) is 4.79 Å². The predicted octanol–water partition coefficient (Wildman–Crippen LogP) is 1.64. The number of carbonyl (C=O) groups is 2. The average Bonchev–Trinajstić information content (AvgIpc) is 2.37. The summed E-state index contributed by atoms with van der Waals surface area (Å²) in [5, 5.41) is 13.0. The first kappa shape index (κ1) is 14.7. The van der Waals surface area contributed by atoms with Gasteiger partial charge in [0, 0.05) is 18.1 Å². The Labute approximate surface area is 122 Å². The van der Waals surface area contributed by atoms with Gasteiger partial charge in [0.2, 0.25) is 5.91 Å². The molecule has 0 unspecified atom stereocenters. The molecule has 5 nitrogen and oxygen atoms in total. The van der Waals surface area contributed by atoms with Gasteiger partial charge in [-0.2, -0.15) is 0 Å². The topological polar surface area (TPSA) is 69.6 Å².